The van der Waals surface area contributed by atoms with Crippen LogP contribution in [0.3, 0.4) is 0 Å². The molecule has 10 heteroatoms. The highest BCUT2D eigenvalue weighted by molar-refractivity contribution is 6.30. The number of aliphatic hydroxyl groups is 2. The molecular weight excluding hydrogens is 384 g/mol. The van der Waals surface area contributed by atoms with Crippen molar-refractivity contribution < 1.29 is 14.9 Å². The van der Waals surface area contributed by atoms with Crippen LogP contribution in [0.4, 0.5) is 11.8 Å². The Bertz CT molecular complexity index is 964. The summed E-state index contributed by atoms with van der Waals surface area (Å²) in [4.78, 5) is 12.8. The number of fused-ring (bicyclic) bond motifs is 1. The highest BCUT2D eigenvalue weighted by atomic mass is 35.5. The zero-order chi connectivity index (χ0) is 19.7. The third-order valence-corrected chi connectivity index (χ3v) is 4.99. The summed E-state index contributed by atoms with van der Waals surface area (Å²) in [5.74, 6) is 0.717. The molecule has 9 nitrogen and oxygen atoms in total. The Kier molecular flexibility index (Phi) is 5.31. The number of nitrogens with two attached hydrogens (primary N) is 1. The number of ether oxygens (including phenoxy) is 1. The minimum absolute atomic E-state index is 0.170. The van der Waals surface area contributed by atoms with E-state index in [1.807, 2.05) is 24.3 Å². The van der Waals surface area contributed by atoms with E-state index in [1.54, 1.807) is 4.57 Å². The zero-order valence-electron chi connectivity index (χ0n) is 15.0. The first kappa shape index (κ1) is 18.9. The Labute approximate surface area is 166 Å². The van der Waals surface area contributed by atoms with E-state index in [2.05, 4.69) is 20.3 Å². The lowest BCUT2D eigenvalue weighted by molar-refractivity contribution is -0.0476. The lowest BCUT2D eigenvalue weighted by Crippen LogP contribution is -2.22. The number of aromatic nitrogens is 4. The molecule has 0 amide bonds. The second-order valence-electron chi connectivity index (χ2n) is 6.67. The summed E-state index contributed by atoms with van der Waals surface area (Å²) < 4.78 is 7.48. The molecule has 0 bridgehead atoms. The maximum Gasteiger partial charge on any atom is 0.207 e. The number of anilines is 2. The van der Waals surface area contributed by atoms with Crippen LogP contribution in [0.15, 0.2) is 30.6 Å². The smallest absolute Gasteiger partial charge is 0.207 e. The van der Waals surface area contributed by atoms with Gasteiger partial charge in [-0.3, -0.25) is 4.57 Å². The molecule has 0 aliphatic carbocycles. The fraction of sp³-hybridized carbons (Fsp3) is 0.389. The van der Waals surface area contributed by atoms with E-state index in [0.717, 1.165) is 12.0 Å². The van der Waals surface area contributed by atoms with Crippen LogP contribution in [0.5, 0.6) is 0 Å². The molecular formula is C18H21ClN6O3. The third-order valence-electron chi connectivity index (χ3n) is 4.74. The average molecular weight is 405 g/mol. The molecule has 28 heavy (non-hydrogen) atoms. The second-order valence-corrected chi connectivity index (χ2v) is 7.11. The first-order valence-corrected chi connectivity index (χ1v) is 9.35. The SMILES string of the molecule is Nc1ncnc2c1nc(NCCc1ccc(Cl)cc1)n2[C@@H]1O[C@H](CO)C[C@H]1O. The molecule has 0 unspecified atom stereocenters. The van der Waals surface area contributed by atoms with Crippen molar-refractivity contribution in [2.45, 2.75) is 31.3 Å². The van der Waals surface area contributed by atoms with Crippen molar-refractivity contribution in [2.24, 2.45) is 0 Å². The Morgan fingerprint density at radius 3 is 2.79 bits per heavy atom. The number of benzene rings is 1. The molecule has 1 aliphatic rings. The minimum Gasteiger partial charge on any atom is -0.394 e. The van der Waals surface area contributed by atoms with Crippen molar-refractivity contribution in [3.63, 3.8) is 0 Å². The van der Waals surface area contributed by atoms with Crippen molar-refractivity contribution in [3.05, 3.63) is 41.2 Å². The highest BCUT2D eigenvalue weighted by Gasteiger charge is 2.37. The van der Waals surface area contributed by atoms with Crippen LogP contribution < -0.4 is 11.1 Å². The van der Waals surface area contributed by atoms with Crippen LogP contribution in [0.1, 0.15) is 18.2 Å². The number of imidazole rings is 1. The summed E-state index contributed by atoms with van der Waals surface area (Å²) in [6.45, 7) is 0.418. The molecule has 1 aliphatic heterocycles. The molecule has 0 spiro atoms. The molecule has 1 fully saturated rings. The Morgan fingerprint density at radius 2 is 2.07 bits per heavy atom. The largest absolute Gasteiger partial charge is 0.394 e. The van der Waals surface area contributed by atoms with Crippen LogP contribution in [0.25, 0.3) is 11.2 Å². The zero-order valence-corrected chi connectivity index (χ0v) is 15.8. The fourth-order valence-corrected chi connectivity index (χ4v) is 3.47. The van der Waals surface area contributed by atoms with Gasteiger partial charge >= 0.3 is 0 Å². The van der Waals surface area contributed by atoms with Crippen molar-refractivity contribution in [1.29, 1.82) is 0 Å². The molecule has 1 aromatic carbocycles. The number of hydrogen-bond acceptors (Lipinski definition) is 8. The number of nitrogens with one attached hydrogen (secondary N) is 1. The molecule has 0 saturated carbocycles. The van der Waals surface area contributed by atoms with Gasteiger partial charge in [-0.25, -0.2) is 15.0 Å². The van der Waals surface area contributed by atoms with E-state index in [4.69, 9.17) is 22.1 Å². The van der Waals surface area contributed by atoms with E-state index in [-0.39, 0.29) is 12.4 Å². The number of halogens is 1. The van der Waals surface area contributed by atoms with Crippen LogP contribution in [-0.2, 0) is 11.2 Å². The molecule has 3 aromatic rings. The van der Waals surface area contributed by atoms with E-state index in [0.29, 0.717) is 35.1 Å². The average Bonchev–Trinajstić information content (AvgIpc) is 3.24. The van der Waals surface area contributed by atoms with Crippen molar-refractivity contribution >= 4 is 34.5 Å². The predicted octanol–water partition coefficient (Wildman–Crippen LogP) is 1.36. The summed E-state index contributed by atoms with van der Waals surface area (Å²) in [6, 6.07) is 7.62. The Morgan fingerprint density at radius 1 is 1.29 bits per heavy atom. The summed E-state index contributed by atoms with van der Waals surface area (Å²) in [7, 11) is 0. The van der Waals surface area contributed by atoms with Gasteiger partial charge in [-0.1, -0.05) is 23.7 Å². The van der Waals surface area contributed by atoms with Gasteiger partial charge in [0.2, 0.25) is 5.95 Å². The van der Waals surface area contributed by atoms with Gasteiger partial charge in [-0.15, -0.1) is 0 Å². The molecule has 3 atom stereocenters. The lowest BCUT2D eigenvalue weighted by Gasteiger charge is -2.19. The second kappa shape index (κ2) is 7.88. The summed E-state index contributed by atoms with van der Waals surface area (Å²) in [5.41, 5.74) is 7.96. The standard InChI is InChI=1S/C18H21ClN6O3/c19-11-3-1-10(2-4-11)5-6-21-18-24-14-15(20)22-9-23-16(14)25(18)17-13(27)7-12(8-26)28-17/h1-4,9,12-13,17,26-27H,5-8H2,(H,21,24)(H2,20,22,23)/t12-,13+,17+/m0/s1. The fourth-order valence-electron chi connectivity index (χ4n) is 3.34. The molecule has 0 radical (unpaired) electrons. The molecule has 5 N–H and O–H groups in total. The highest BCUT2D eigenvalue weighted by Crippen LogP contribution is 2.34. The summed E-state index contributed by atoms with van der Waals surface area (Å²) >= 11 is 5.92. The first-order chi connectivity index (χ1) is 13.6. The maximum atomic E-state index is 10.4. The van der Waals surface area contributed by atoms with Gasteiger partial charge in [0.15, 0.2) is 23.2 Å². The van der Waals surface area contributed by atoms with Crippen LogP contribution >= 0.6 is 11.6 Å². The summed E-state index contributed by atoms with van der Waals surface area (Å²) in [5, 5.41) is 23.8. The molecule has 3 heterocycles. The van der Waals surface area contributed by atoms with Gasteiger partial charge in [0.05, 0.1) is 12.7 Å². The number of nitrogens with zero attached hydrogens (tertiary/aromatic N) is 4. The monoisotopic (exact) mass is 404 g/mol. The predicted molar refractivity (Wildman–Crippen MR) is 105 cm³/mol. The Hall–Kier alpha value is -2.46. The van der Waals surface area contributed by atoms with E-state index in [1.165, 1.54) is 6.33 Å². The maximum absolute atomic E-state index is 10.4. The van der Waals surface area contributed by atoms with Gasteiger partial charge in [-0.2, -0.15) is 0 Å². The van der Waals surface area contributed by atoms with Gasteiger partial charge in [0.1, 0.15) is 12.4 Å². The first-order valence-electron chi connectivity index (χ1n) is 8.98. The number of rotatable bonds is 6. The van der Waals surface area contributed by atoms with E-state index in [9.17, 15) is 10.2 Å². The molecule has 4 rings (SSSR count). The topological polar surface area (TPSA) is 131 Å². The third kappa shape index (κ3) is 3.61. The van der Waals surface area contributed by atoms with Crippen molar-refractivity contribution in [2.75, 3.05) is 24.2 Å². The van der Waals surface area contributed by atoms with E-state index >= 15 is 0 Å². The van der Waals surface area contributed by atoms with Crippen LogP contribution in [0, 0.1) is 0 Å². The van der Waals surface area contributed by atoms with Crippen molar-refractivity contribution in [3.8, 4) is 0 Å². The van der Waals surface area contributed by atoms with Gasteiger partial charge < -0.3 is 26.0 Å². The number of nitrogen functional groups attached to an aromatic ring is 1. The number of hydrogen-bond donors (Lipinski definition) is 4. The lowest BCUT2D eigenvalue weighted by atomic mass is 10.1. The van der Waals surface area contributed by atoms with Crippen LogP contribution in [-0.4, -0.2) is 55.1 Å². The van der Waals surface area contributed by atoms with Gasteiger partial charge in [0, 0.05) is 18.0 Å². The van der Waals surface area contributed by atoms with Gasteiger partial charge in [0.25, 0.3) is 0 Å². The molecule has 2 aromatic heterocycles. The molecule has 148 valence electrons. The van der Waals surface area contributed by atoms with Gasteiger partial charge in [-0.05, 0) is 24.1 Å². The van der Waals surface area contributed by atoms with Crippen LogP contribution in [0.2, 0.25) is 5.02 Å². The number of aliphatic hydroxyl groups excluding tert-OH is 2. The Balaban J connectivity index is 1.61. The van der Waals surface area contributed by atoms with E-state index < -0.39 is 18.4 Å². The quantitative estimate of drug-likeness (QED) is 0.484. The molecule has 1 saturated heterocycles. The normalized spacial score (nSPS) is 22.0. The minimum atomic E-state index is -0.803. The summed E-state index contributed by atoms with van der Waals surface area (Å²) in [6.07, 6.45) is 0.439. The van der Waals surface area contributed by atoms with Crippen molar-refractivity contribution in [1.82, 2.24) is 19.5 Å².